The van der Waals surface area contributed by atoms with Gasteiger partial charge in [-0.15, -0.1) is 12.8 Å². The van der Waals surface area contributed by atoms with Gasteiger partial charge < -0.3 is 86.7 Å². The number of rotatable bonds is 25. The Morgan fingerprint density at radius 1 is 0.460 bits per heavy atom. The number of aldehydes is 1. The van der Waals surface area contributed by atoms with Gasteiger partial charge in [-0.2, -0.15) is 0 Å². The van der Waals surface area contributed by atoms with E-state index in [1.165, 1.54) is 24.2 Å². The number of benzene rings is 6. The maximum Gasteiger partial charge on any atom is 1.00 e. The monoisotopic (exact) mass is 2720 g/mol. The average molecular weight is 2720 g/mol. The molecule has 126 heavy (non-hydrogen) atoms. The zero-order chi connectivity index (χ0) is 93.1. The molecule has 0 aromatic heterocycles. The molecule has 0 fully saturated rings. The third kappa shape index (κ3) is 68.8. The number of esters is 2. The van der Waals surface area contributed by atoms with Crippen molar-refractivity contribution in [3.8, 4) is 12.8 Å². The topological polar surface area (TPSA) is 519 Å². The third-order valence-corrected chi connectivity index (χ3v) is 18.6. The summed E-state index contributed by atoms with van der Waals surface area (Å²) >= 11 is 86.5. The summed E-state index contributed by atoms with van der Waals surface area (Å²) < 4.78 is 8.44. The summed E-state index contributed by atoms with van der Waals surface area (Å²) in [6.07, 6.45) is 9.46. The van der Waals surface area contributed by atoms with Gasteiger partial charge in [0, 0.05) is 182 Å². The molecule has 0 saturated heterocycles. The molecule has 8 rings (SSSR count). The average Bonchev–Trinajstić information content (AvgIpc) is 1.73. The largest absolute Gasteiger partial charge is 1.00 e. The van der Waals surface area contributed by atoms with Crippen molar-refractivity contribution in [1.82, 2.24) is 10.6 Å². The molecule has 6 aromatic carbocycles. The number of nitrogens with one attached hydrogen (secondary N) is 4. The van der Waals surface area contributed by atoms with Gasteiger partial charge in [-0.1, -0.05) is 368 Å². The van der Waals surface area contributed by atoms with Crippen LogP contribution in [0.25, 0.3) is 0 Å². The molecule has 2 atom stereocenters. The van der Waals surface area contributed by atoms with E-state index in [-0.39, 0.29) is 248 Å². The fourth-order valence-corrected chi connectivity index (χ4v) is 8.58. The van der Waals surface area contributed by atoms with Gasteiger partial charge in [0.1, 0.15) is 60.4 Å². The molecule has 2 heterocycles. The molecule has 0 aliphatic carbocycles. The van der Waals surface area contributed by atoms with E-state index in [2.05, 4.69) is 56.0 Å². The number of aliphatic carboxylic acids is 6. The SMILES string of the molecule is C#C.NCc1ccccc1.O=C(O)/C(Cl)=C(/Cl)C=NCc1ccccc1.O=C(O)/C(Cl)=C(/Cl)C=[NH+]Cc1ccccc1.O=C(O)/C(Cl)=C(/Cl)C=[NH+]Cc1ccccc1.O=C(O)/C(Cl)=C(/Cl)CNCc1ccccc1.O=C(O)/C(Cl)=C(/Cl)CNCc1ccccc1.O=C/C(Cl)=C(/Cl)C(=O)O.O=C1OC(O)C(Cl)=C1Cl.OC1OC(=[OH+])C(Cl)=C1Cl.OO.[Ac].[Ac].[Ac].[B-]O.[H+].[H+].[H+].[H-].[Na+].[OH-]. The molecular formula is C76H77Ac3BCl16N6NaO23+4. The van der Waals surface area contributed by atoms with Crippen LogP contribution in [0.1, 0.15) is 39.1 Å². The number of carbonyl (C=O) groups excluding carboxylic acids is 3. The van der Waals surface area contributed by atoms with Gasteiger partial charge in [0.25, 0.3) is 0 Å². The van der Waals surface area contributed by atoms with Crippen LogP contribution in [-0.4, -0.2) is 173 Å². The molecule has 19 N–H and O–H groups in total. The zero-order valence-corrected chi connectivity index (χ0v) is 93.2. The Bertz CT molecular complexity index is 4330. The van der Waals surface area contributed by atoms with Crippen molar-refractivity contribution < 1.29 is 292 Å². The molecule has 29 nitrogen and oxygen atoms in total. The first-order valence-corrected chi connectivity index (χ1v) is 38.2. The van der Waals surface area contributed by atoms with Crippen LogP contribution in [0, 0.1) is 145 Å². The minimum Gasteiger partial charge on any atom is -1.00 e. The fraction of sp³-hybridized carbons (Fsp3) is 0.132. The number of carbonyl (C=O) groups is 8. The van der Waals surface area contributed by atoms with E-state index < -0.39 is 85.5 Å². The van der Waals surface area contributed by atoms with Crippen LogP contribution in [0.4, 0.5) is 0 Å². The number of cyclic esters (lactones) is 2. The minimum absolute atomic E-state index is 0. The Kier molecular flexibility index (Phi) is 98.9. The second-order valence-corrected chi connectivity index (χ2v) is 27.1. The maximum absolute atomic E-state index is 10.5. The van der Waals surface area contributed by atoms with Gasteiger partial charge in [0.2, 0.25) is 11.3 Å². The van der Waals surface area contributed by atoms with E-state index in [9.17, 15) is 38.4 Å². The van der Waals surface area contributed by atoms with Gasteiger partial charge in [0.15, 0.2) is 31.8 Å². The van der Waals surface area contributed by atoms with E-state index in [4.69, 9.17) is 253 Å². The van der Waals surface area contributed by atoms with Crippen molar-refractivity contribution in [3.05, 3.63) is 296 Å². The molecule has 0 saturated carbocycles. The third-order valence-electron chi connectivity index (χ3n) is 12.3. The summed E-state index contributed by atoms with van der Waals surface area (Å²) in [6, 6.07) is 58.2. The Morgan fingerprint density at radius 2 is 0.722 bits per heavy atom. The Morgan fingerprint density at radius 3 is 0.937 bits per heavy atom. The van der Waals surface area contributed by atoms with E-state index in [0.29, 0.717) is 39.3 Å². The number of nitrogens with two attached hydrogens (primary N) is 1. The van der Waals surface area contributed by atoms with Crippen molar-refractivity contribution in [1.29, 1.82) is 0 Å². The van der Waals surface area contributed by atoms with Gasteiger partial charge >= 0.3 is 87.9 Å². The second kappa shape index (κ2) is 88.5. The van der Waals surface area contributed by atoms with Crippen LogP contribution in [0.15, 0.2) is 267 Å². The first kappa shape index (κ1) is 141. The number of aliphatic hydroxyl groups excluding tert-OH is 2. The van der Waals surface area contributed by atoms with Crippen molar-refractivity contribution in [2.75, 3.05) is 13.1 Å². The molecule has 2 aliphatic rings. The Balaban J connectivity index is -0.000000107. The van der Waals surface area contributed by atoms with Gasteiger partial charge in [0.05, 0.1) is 21.6 Å². The molecule has 6 radical (unpaired) electrons. The van der Waals surface area contributed by atoms with Crippen molar-refractivity contribution >= 4 is 266 Å². The summed E-state index contributed by atoms with van der Waals surface area (Å²) in [7, 11) is 3.50. The quantitative estimate of drug-likeness (QED) is 0.00291. The van der Waals surface area contributed by atoms with Gasteiger partial charge in [-0.3, -0.25) is 25.0 Å². The number of halogens is 16. The fourth-order valence-electron chi connectivity index (χ4n) is 6.82. The summed E-state index contributed by atoms with van der Waals surface area (Å²) in [5.41, 5.74) is 11.9. The number of hydrogen-bond donors (Lipinski definition) is 16. The van der Waals surface area contributed by atoms with E-state index in [1.807, 2.05) is 182 Å². The number of aliphatic imine (C=N–C) groups is 1. The van der Waals surface area contributed by atoms with Crippen molar-refractivity contribution in [3.63, 3.8) is 0 Å². The summed E-state index contributed by atoms with van der Waals surface area (Å²) in [4.78, 5) is 101. The van der Waals surface area contributed by atoms with Crippen LogP contribution in [0.2, 0.25) is 0 Å². The number of aliphatic hydroxyl groups is 2. The van der Waals surface area contributed by atoms with Crippen LogP contribution in [0.5, 0.6) is 0 Å². The van der Waals surface area contributed by atoms with Crippen molar-refractivity contribution in [2.24, 2.45) is 10.7 Å². The summed E-state index contributed by atoms with van der Waals surface area (Å²) in [6.45, 7) is 3.88. The smallest absolute Gasteiger partial charge is 1.00 e. The predicted octanol–water partition coefficient (Wildman–Crippen LogP) is 10.1. The van der Waals surface area contributed by atoms with Gasteiger partial charge in [-0.05, 0) is 22.3 Å². The molecular weight excluding hydrogens is 2650 g/mol. The second-order valence-electron chi connectivity index (χ2n) is 20.7. The Labute approximate surface area is 939 Å². The van der Waals surface area contributed by atoms with Crippen molar-refractivity contribution in [2.45, 2.75) is 51.8 Å². The molecule has 50 heteroatoms. The number of nitrogens with zero attached hydrogens (tertiary/aromatic N) is 1. The minimum atomic E-state index is -1.41. The summed E-state index contributed by atoms with van der Waals surface area (Å²) in [5.74, 6) is -8.91. The maximum atomic E-state index is 10.5. The molecule has 6 aromatic rings. The van der Waals surface area contributed by atoms with E-state index in [1.54, 1.807) is 0 Å². The first-order valence-electron chi connectivity index (χ1n) is 32.1. The standard InChI is InChI=1S/2C11H11Cl2NO2.3C11H9Cl2NO2.C7H9N.3C4H2Cl2O3.C2H2.3Ac.BHO.Na.H2O2.H2O.H/c5*12-9(10(13)11(15)16)7-14-6-8-4-2-1-3-5-8;8-6-7-4-2-1-3-5-7;2*5-1-2(6)4(8)9-3(1)7;5-2(1-7)3(6)4(8)9;1-2;;;;1-2;;1-2;;/h2*1-5,14H,6-7H2,(H,15,16);3*1-5,7H,6H2,(H,15,16);1-5H,6,8H2;2*3,7H;1H,(H,8,9);1-2H;;;;2H;;1-2H;1H2;/q;;;;;;;;;;;;;-1;+1;;;-1/p+5/b2*10-9-;3*10-9-,14-7?;;;;3-2-;;;;;;;;;. The molecule has 0 spiro atoms. The molecule has 2 aliphatic heterocycles. The molecule has 0 amide bonds. The van der Waals surface area contributed by atoms with Crippen LogP contribution in [-0.2, 0) is 87.1 Å². The molecule has 0 bridgehead atoms. The molecule has 2 unspecified atom stereocenters. The van der Waals surface area contributed by atoms with E-state index in [0.717, 1.165) is 27.8 Å². The molecule has 670 valence electrons. The van der Waals surface area contributed by atoms with E-state index >= 15 is 0 Å². The van der Waals surface area contributed by atoms with Crippen LogP contribution >= 0.6 is 186 Å². The number of allylic oxidation sites excluding steroid dienone is 4. The van der Waals surface area contributed by atoms with Crippen LogP contribution in [0.3, 0.4) is 0 Å². The summed E-state index contributed by atoms with van der Waals surface area (Å²) in [5, 5.41) is 89.0. The number of carboxylic acids is 6. The number of terminal acetylenes is 1. The normalized spacial score (nSPS) is 13.3. The zero-order valence-electron chi connectivity index (χ0n) is 68.9. The number of ether oxygens (including phenoxy) is 2. The number of hydrogen-bond acceptors (Lipinski definition) is 20. The van der Waals surface area contributed by atoms with Crippen LogP contribution < -0.4 is 55.9 Å². The van der Waals surface area contributed by atoms with Gasteiger partial charge in [-0.25, -0.2) is 43.5 Å². The predicted molar refractivity (Wildman–Crippen MR) is 481 cm³/mol. The Hall–Kier alpha value is -3.09. The number of carboxylic acid groups (broad SMARTS) is 6. The first-order chi connectivity index (χ1) is 57.3.